The van der Waals surface area contributed by atoms with Gasteiger partial charge in [-0.25, -0.2) is 0 Å². The van der Waals surface area contributed by atoms with E-state index in [1.165, 1.54) is 10.5 Å². The van der Waals surface area contributed by atoms with Crippen molar-refractivity contribution in [2.45, 2.75) is 43.4 Å². The number of aliphatic hydroxyl groups excluding tert-OH is 1. The van der Waals surface area contributed by atoms with Gasteiger partial charge in [0.15, 0.2) is 0 Å². The highest BCUT2D eigenvalue weighted by atomic mass is 32.2. The standard InChI is InChI=1S/C14H20O2S/c1-14(2,3)13(15)12-7-9-5-6-10(16-4)8-11(9)17-12/h5-6,8,12-13,15H,7H2,1-4H3. The molecule has 2 nitrogen and oxygen atoms in total. The minimum atomic E-state index is -0.286. The second-order valence-corrected chi connectivity index (χ2v) is 6.93. The zero-order chi connectivity index (χ0) is 12.6. The van der Waals surface area contributed by atoms with Crippen molar-refractivity contribution in [2.24, 2.45) is 5.41 Å². The van der Waals surface area contributed by atoms with Crippen LogP contribution in [0, 0.1) is 5.41 Å². The summed E-state index contributed by atoms with van der Waals surface area (Å²) in [6.45, 7) is 6.26. The maximum Gasteiger partial charge on any atom is 0.119 e. The van der Waals surface area contributed by atoms with Crippen LogP contribution in [0.1, 0.15) is 26.3 Å². The van der Waals surface area contributed by atoms with E-state index in [2.05, 4.69) is 32.9 Å². The first-order chi connectivity index (χ1) is 7.91. The van der Waals surface area contributed by atoms with Crippen molar-refractivity contribution in [3.63, 3.8) is 0 Å². The van der Waals surface area contributed by atoms with Crippen molar-refractivity contribution < 1.29 is 9.84 Å². The summed E-state index contributed by atoms with van der Waals surface area (Å²) in [5, 5.41) is 10.6. The fourth-order valence-corrected chi connectivity index (χ4v) is 3.71. The van der Waals surface area contributed by atoms with E-state index in [-0.39, 0.29) is 16.8 Å². The van der Waals surface area contributed by atoms with Crippen LogP contribution in [-0.2, 0) is 6.42 Å². The van der Waals surface area contributed by atoms with Crippen LogP contribution in [0.2, 0.25) is 0 Å². The molecule has 1 N–H and O–H groups in total. The first-order valence-electron chi connectivity index (χ1n) is 5.93. The van der Waals surface area contributed by atoms with E-state index in [1.54, 1.807) is 18.9 Å². The topological polar surface area (TPSA) is 29.5 Å². The molecule has 0 fully saturated rings. The number of benzene rings is 1. The minimum absolute atomic E-state index is 0.0657. The van der Waals surface area contributed by atoms with Crippen LogP contribution in [0.25, 0.3) is 0 Å². The second-order valence-electron chi connectivity index (χ2n) is 5.64. The van der Waals surface area contributed by atoms with Crippen LogP contribution in [0.3, 0.4) is 0 Å². The summed E-state index contributed by atoms with van der Waals surface area (Å²) < 4.78 is 5.23. The first kappa shape index (κ1) is 12.8. The summed E-state index contributed by atoms with van der Waals surface area (Å²) in [7, 11) is 1.68. The lowest BCUT2D eigenvalue weighted by molar-refractivity contribution is 0.0619. The zero-order valence-corrected chi connectivity index (χ0v) is 11.7. The summed E-state index contributed by atoms with van der Waals surface area (Å²) in [6.07, 6.45) is 0.661. The van der Waals surface area contributed by atoms with Crippen molar-refractivity contribution in [3.8, 4) is 5.75 Å². The van der Waals surface area contributed by atoms with Gasteiger partial charge in [-0.3, -0.25) is 0 Å². The molecule has 94 valence electrons. The summed E-state index contributed by atoms with van der Waals surface area (Å²) in [4.78, 5) is 1.25. The van der Waals surface area contributed by atoms with Crippen LogP contribution in [-0.4, -0.2) is 23.6 Å². The third-order valence-corrected chi connectivity index (χ3v) is 4.57. The number of hydrogen-bond donors (Lipinski definition) is 1. The van der Waals surface area contributed by atoms with Gasteiger partial charge in [-0.1, -0.05) is 26.8 Å². The molecule has 2 rings (SSSR count). The quantitative estimate of drug-likeness (QED) is 0.877. The van der Waals surface area contributed by atoms with Crippen molar-refractivity contribution in [1.82, 2.24) is 0 Å². The van der Waals surface area contributed by atoms with Crippen molar-refractivity contribution in [2.75, 3.05) is 7.11 Å². The summed E-state index contributed by atoms with van der Waals surface area (Å²) in [6, 6.07) is 6.16. The highest BCUT2D eigenvalue weighted by Gasteiger charge is 2.35. The van der Waals surface area contributed by atoms with E-state index in [0.29, 0.717) is 0 Å². The summed E-state index contributed by atoms with van der Waals surface area (Å²) >= 11 is 1.77. The lowest BCUT2D eigenvalue weighted by Crippen LogP contribution is -2.35. The maximum absolute atomic E-state index is 10.3. The fourth-order valence-electron chi connectivity index (χ4n) is 2.10. The minimum Gasteiger partial charge on any atom is -0.497 e. The molecule has 2 unspecified atom stereocenters. The molecule has 0 amide bonds. The Morgan fingerprint density at radius 3 is 2.71 bits per heavy atom. The number of aliphatic hydroxyl groups is 1. The molecule has 1 heterocycles. The monoisotopic (exact) mass is 252 g/mol. The molecule has 0 saturated heterocycles. The molecule has 1 aliphatic heterocycles. The molecule has 0 radical (unpaired) electrons. The third kappa shape index (κ3) is 2.61. The van der Waals surface area contributed by atoms with Gasteiger partial charge < -0.3 is 9.84 Å². The first-order valence-corrected chi connectivity index (χ1v) is 6.81. The fraction of sp³-hybridized carbons (Fsp3) is 0.571. The normalized spacial score (nSPS) is 21.1. The van der Waals surface area contributed by atoms with E-state index in [0.717, 1.165) is 12.2 Å². The van der Waals surface area contributed by atoms with E-state index >= 15 is 0 Å². The van der Waals surface area contributed by atoms with E-state index in [1.807, 2.05) is 6.07 Å². The Balaban J connectivity index is 2.16. The Hall–Kier alpha value is -0.670. The van der Waals surface area contributed by atoms with Crippen LogP contribution < -0.4 is 4.74 Å². The Morgan fingerprint density at radius 2 is 2.12 bits per heavy atom. The molecule has 0 bridgehead atoms. The van der Waals surface area contributed by atoms with Gasteiger partial charge in [0, 0.05) is 10.1 Å². The van der Waals surface area contributed by atoms with Gasteiger partial charge in [-0.15, -0.1) is 11.8 Å². The highest BCUT2D eigenvalue weighted by molar-refractivity contribution is 8.00. The molecule has 1 aromatic rings. The third-order valence-electron chi connectivity index (χ3n) is 3.21. The lowest BCUT2D eigenvalue weighted by atomic mass is 9.85. The summed E-state index contributed by atoms with van der Waals surface area (Å²) in [5.41, 5.74) is 1.26. The van der Waals surface area contributed by atoms with Gasteiger partial charge in [0.05, 0.1) is 13.2 Å². The smallest absolute Gasteiger partial charge is 0.119 e. The molecule has 0 aliphatic carbocycles. The molecule has 1 aliphatic rings. The van der Waals surface area contributed by atoms with Gasteiger partial charge in [0.25, 0.3) is 0 Å². The SMILES string of the molecule is COc1ccc2c(c1)SC(C(O)C(C)(C)C)C2. The van der Waals surface area contributed by atoms with E-state index < -0.39 is 0 Å². The van der Waals surface area contributed by atoms with E-state index in [9.17, 15) is 5.11 Å². The number of rotatable bonds is 2. The number of ether oxygens (including phenoxy) is 1. The number of methoxy groups -OCH3 is 1. The molecule has 17 heavy (non-hydrogen) atoms. The van der Waals surface area contributed by atoms with Crippen LogP contribution in [0.4, 0.5) is 0 Å². The molecule has 0 spiro atoms. The van der Waals surface area contributed by atoms with Gasteiger partial charge in [0.1, 0.15) is 5.75 Å². The summed E-state index contributed by atoms with van der Waals surface area (Å²) in [5.74, 6) is 0.891. The zero-order valence-electron chi connectivity index (χ0n) is 10.9. The van der Waals surface area contributed by atoms with Gasteiger partial charge in [-0.05, 0) is 29.5 Å². The Labute approximate surface area is 107 Å². The molecular weight excluding hydrogens is 232 g/mol. The van der Waals surface area contributed by atoms with Gasteiger partial charge in [-0.2, -0.15) is 0 Å². The maximum atomic E-state index is 10.3. The van der Waals surface area contributed by atoms with Crippen molar-refractivity contribution in [3.05, 3.63) is 23.8 Å². The molecule has 1 aromatic carbocycles. The number of hydrogen-bond acceptors (Lipinski definition) is 3. The van der Waals surface area contributed by atoms with E-state index in [4.69, 9.17) is 4.74 Å². The van der Waals surface area contributed by atoms with Crippen LogP contribution in [0.15, 0.2) is 23.1 Å². The molecular formula is C14H20O2S. The predicted octanol–water partition coefficient (Wildman–Crippen LogP) is 3.12. The number of thioether (sulfide) groups is 1. The van der Waals surface area contributed by atoms with Gasteiger partial charge >= 0.3 is 0 Å². The Morgan fingerprint density at radius 1 is 1.41 bits per heavy atom. The predicted molar refractivity (Wildman–Crippen MR) is 71.8 cm³/mol. The van der Waals surface area contributed by atoms with Gasteiger partial charge in [0.2, 0.25) is 0 Å². The molecule has 0 saturated carbocycles. The Kier molecular flexibility index (Phi) is 3.41. The highest BCUT2D eigenvalue weighted by Crippen LogP contribution is 2.43. The lowest BCUT2D eigenvalue weighted by Gasteiger charge is -2.30. The van der Waals surface area contributed by atoms with Crippen LogP contribution in [0.5, 0.6) is 5.75 Å². The average Bonchev–Trinajstić information content (AvgIpc) is 2.68. The molecule has 2 atom stereocenters. The molecule has 3 heteroatoms. The van der Waals surface area contributed by atoms with Crippen molar-refractivity contribution >= 4 is 11.8 Å². The second kappa shape index (κ2) is 4.54. The van der Waals surface area contributed by atoms with Crippen molar-refractivity contribution in [1.29, 1.82) is 0 Å². The average molecular weight is 252 g/mol. The number of fused-ring (bicyclic) bond motifs is 1. The molecule has 0 aromatic heterocycles. The van der Waals surface area contributed by atoms with Crippen LogP contribution >= 0.6 is 11.8 Å². The largest absolute Gasteiger partial charge is 0.497 e. The Bertz CT molecular complexity index is 409.